The van der Waals surface area contributed by atoms with Crippen molar-refractivity contribution in [2.45, 2.75) is 39.3 Å². The van der Waals surface area contributed by atoms with Crippen LogP contribution < -0.4 is 5.73 Å². The van der Waals surface area contributed by atoms with Crippen molar-refractivity contribution >= 4 is 17.6 Å². The molecule has 1 rings (SSSR count). The van der Waals surface area contributed by atoms with E-state index in [1.165, 1.54) is 0 Å². The van der Waals surface area contributed by atoms with Crippen LogP contribution >= 0.6 is 11.6 Å². The molecule has 1 aromatic carbocycles. The summed E-state index contributed by atoms with van der Waals surface area (Å²) in [5.74, 6) is 0.537. The molecule has 100 valence electrons. The summed E-state index contributed by atoms with van der Waals surface area (Å²) in [4.78, 5) is 6.42. The monoisotopic (exact) mass is 267 g/mol. The summed E-state index contributed by atoms with van der Waals surface area (Å²) >= 11 is 6.00. The summed E-state index contributed by atoms with van der Waals surface area (Å²) < 4.78 is 0. The van der Waals surface area contributed by atoms with Crippen LogP contribution in [0.2, 0.25) is 5.02 Å². The van der Waals surface area contributed by atoms with Crippen molar-refractivity contribution in [2.24, 2.45) is 10.7 Å². The Kier molecular flexibility index (Phi) is 4.63. The highest BCUT2D eigenvalue weighted by molar-refractivity contribution is 6.30. The molecule has 0 radical (unpaired) electrons. The minimum atomic E-state index is -0.174. The Morgan fingerprint density at radius 1 is 1.39 bits per heavy atom. The average Bonchev–Trinajstić information content (AvgIpc) is 2.24. The van der Waals surface area contributed by atoms with Gasteiger partial charge in [0, 0.05) is 12.1 Å². The van der Waals surface area contributed by atoms with Crippen LogP contribution in [-0.2, 0) is 0 Å². The molecule has 1 unspecified atom stereocenters. The number of hydrogen-bond acceptors (Lipinski definition) is 1. The van der Waals surface area contributed by atoms with E-state index in [0.29, 0.717) is 5.96 Å². The third-order valence-electron chi connectivity index (χ3n) is 2.72. The highest BCUT2D eigenvalue weighted by atomic mass is 35.5. The van der Waals surface area contributed by atoms with Gasteiger partial charge >= 0.3 is 0 Å². The van der Waals surface area contributed by atoms with Crippen LogP contribution in [0.4, 0.5) is 0 Å². The minimum absolute atomic E-state index is 0.134. The third kappa shape index (κ3) is 4.22. The first-order valence-electron chi connectivity index (χ1n) is 6.04. The second-order valence-electron chi connectivity index (χ2n) is 5.48. The topological polar surface area (TPSA) is 41.6 Å². The van der Waals surface area contributed by atoms with Crippen LogP contribution in [0.1, 0.15) is 39.3 Å². The van der Waals surface area contributed by atoms with E-state index in [1.54, 1.807) is 0 Å². The second-order valence-corrected chi connectivity index (χ2v) is 5.92. The molecular weight excluding hydrogens is 246 g/mol. The predicted octanol–water partition coefficient (Wildman–Crippen LogP) is 3.45. The van der Waals surface area contributed by atoms with Gasteiger partial charge in [0.25, 0.3) is 0 Å². The molecule has 0 spiro atoms. The third-order valence-corrected chi connectivity index (χ3v) is 2.96. The van der Waals surface area contributed by atoms with E-state index in [4.69, 9.17) is 17.3 Å². The number of aliphatic imine (C=N–C) groups is 1. The van der Waals surface area contributed by atoms with Gasteiger partial charge in [0.2, 0.25) is 0 Å². The van der Waals surface area contributed by atoms with Gasteiger partial charge in [-0.05, 0) is 45.4 Å². The van der Waals surface area contributed by atoms with Crippen molar-refractivity contribution in [1.29, 1.82) is 0 Å². The van der Waals surface area contributed by atoms with Crippen molar-refractivity contribution in [3.05, 3.63) is 34.9 Å². The molecule has 18 heavy (non-hydrogen) atoms. The number of rotatable bonds is 2. The lowest BCUT2D eigenvalue weighted by molar-refractivity contribution is 0.390. The Bertz CT molecular complexity index is 435. The highest BCUT2D eigenvalue weighted by Crippen LogP contribution is 2.22. The fraction of sp³-hybridized carbons (Fsp3) is 0.500. The van der Waals surface area contributed by atoms with E-state index in [2.05, 4.69) is 11.9 Å². The maximum atomic E-state index is 6.02. The van der Waals surface area contributed by atoms with E-state index in [-0.39, 0.29) is 11.6 Å². The van der Waals surface area contributed by atoms with Crippen molar-refractivity contribution < 1.29 is 0 Å². The molecule has 0 fully saturated rings. The molecule has 0 bridgehead atoms. The molecular formula is C14H22ClN3. The quantitative estimate of drug-likeness (QED) is 0.659. The Morgan fingerprint density at radius 3 is 2.50 bits per heavy atom. The van der Waals surface area contributed by atoms with E-state index in [0.717, 1.165) is 10.6 Å². The van der Waals surface area contributed by atoms with E-state index in [1.807, 2.05) is 57.0 Å². The van der Waals surface area contributed by atoms with Crippen LogP contribution in [0, 0.1) is 0 Å². The lowest BCUT2D eigenvalue weighted by Gasteiger charge is -2.28. The van der Waals surface area contributed by atoms with Crippen LogP contribution in [0.3, 0.4) is 0 Å². The first kappa shape index (κ1) is 14.8. The summed E-state index contributed by atoms with van der Waals surface area (Å²) in [6, 6.07) is 7.93. The Morgan fingerprint density at radius 2 is 2.00 bits per heavy atom. The van der Waals surface area contributed by atoms with Gasteiger partial charge in [-0.1, -0.05) is 23.7 Å². The molecule has 0 aliphatic carbocycles. The summed E-state index contributed by atoms with van der Waals surface area (Å²) in [7, 11) is 1.94. The van der Waals surface area contributed by atoms with Gasteiger partial charge in [-0.15, -0.1) is 0 Å². The summed E-state index contributed by atoms with van der Waals surface area (Å²) in [6.07, 6.45) is 0. The van der Waals surface area contributed by atoms with E-state index >= 15 is 0 Å². The molecule has 0 heterocycles. The molecule has 0 amide bonds. The maximum Gasteiger partial charge on any atom is 0.192 e. The van der Waals surface area contributed by atoms with Gasteiger partial charge in [-0.2, -0.15) is 0 Å². The number of benzene rings is 1. The standard InChI is InChI=1S/C14H22ClN3/c1-10(11-7-6-8-12(15)9-11)18(5)13(16)17-14(2,3)4/h6-10H,1-5H3,(H2,16,17). The largest absolute Gasteiger partial charge is 0.370 e. The molecule has 0 saturated heterocycles. The number of nitrogens with two attached hydrogens (primary N) is 1. The van der Waals surface area contributed by atoms with Crippen LogP contribution in [-0.4, -0.2) is 23.4 Å². The lowest BCUT2D eigenvalue weighted by atomic mass is 10.1. The molecule has 1 aromatic rings. The van der Waals surface area contributed by atoms with Gasteiger partial charge in [0.05, 0.1) is 11.6 Å². The molecule has 4 heteroatoms. The van der Waals surface area contributed by atoms with Crippen LogP contribution in [0.25, 0.3) is 0 Å². The fourth-order valence-electron chi connectivity index (χ4n) is 1.61. The van der Waals surface area contributed by atoms with Gasteiger partial charge in [0.1, 0.15) is 0 Å². The minimum Gasteiger partial charge on any atom is -0.370 e. The van der Waals surface area contributed by atoms with Crippen LogP contribution in [0.15, 0.2) is 29.3 Å². The van der Waals surface area contributed by atoms with E-state index in [9.17, 15) is 0 Å². The van der Waals surface area contributed by atoms with Gasteiger partial charge in [-0.3, -0.25) is 0 Å². The van der Waals surface area contributed by atoms with Gasteiger partial charge in [0.15, 0.2) is 5.96 Å². The first-order valence-corrected chi connectivity index (χ1v) is 6.42. The molecule has 0 aliphatic heterocycles. The molecule has 2 N–H and O–H groups in total. The average molecular weight is 268 g/mol. The van der Waals surface area contributed by atoms with Crippen molar-refractivity contribution in [2.75, 3.05) is 7.05 Å². The Hall–Kier alpha value is -1.22. The predicted molar refractivity (Wildman–Crippen MR) is 79.0 cm³/mol. The fourth-order valence-corrected chi connectivity index (χ4v) is 1.81. The summed E-state index contributed by atoms with van der Waals surface area (Å²) in [6.45, 7) is 8.16. The maximum absolute atomic E-state index is 6.02. The van der Waals surface area contributed by atoms with E-state index < -0.39 is 0 Å². The Balaban J connectivity index is 2.91. The number of guanidine groups is 1. The molecule has 1 atom stereocenters. The number of halogens is 1. The zero-order chi connectivity index (χ0) is 13.9. The lowest BCUT2D eigenvalue weighted by Crippen LogP contribution is -2.38. The van der Waals surface area contributed by atoms with Gasteiger partial charge in [-0.25, -0.2) is 4.99 Å². The Labute approximate surface area is 115 Å². The normalized spacial score (nSPS) is 14.4. The number of nitrogens with zero attached hydrogens (tertiary/aromatic N) is 2. The first-order chi connectivity index (χ1) is 8.20. The molecule has 0 aliphatic rings. The van der Waals surface area contributed by atoms with Gasteiger partial charge < -0.3 is 10.6 Å². The SMILES string of the molecule is CC(c1cccc(Cl)c1)N(C)C(N)=NC(C)(C)C. The van der Waals surface area contributed by atoms with Crippen molar-refractivity contribution in [3.63, 3.8) is 0 Å². The van der Waals surface area contributed by atoms with Crippen molar-refractivity contribution in [1.82, 2.24) is 4.90 Å². The highest BCUT2D eigenvalue weighted by Gasteiger charge is 2.16. The van der Waals surface area contributed by atoms with Crippen LogP contribution in [0.5, 0.6) is 0 Å². The zero-order valence-corrected chi connectivity index (χ0v) is 12.5. The molecule has 0 saturated carbocycles. The second kappa shape index (κ2) is 5.61. The smallest absolute Gasteiger partial charge is 0.192 e. The van der Waals surface area contributed by atoms with Crippen molar-refractivity contribution in [3.8, 4) is 0 Å². The molecule has 3 nitrogen and oxygen atoms in total. The zero-order valence-electron chi connectivity index (χ0n) is 11.7. The number of hydrogen-bond donors (Lipinski definition) is 1. The molecule has 0 aromatic heterocycles. The summed E-state index contributed by atoms with van der Waals surface area (Å²) in [5, 5.41) is 0.735. The summed E-state index contributed by atoms with van der Waals surface area (Å²) in [5.41, 5.74) is 6.97.